The summed E-state index contributed by atoms with van der Waals surface area (Å²) >= 11 is 0. The standard InChI is InChI=1S/C22H15N3O/c26-22-17(16-10-4-5-11-18(16)24-22)14-19-20-12-6-7-13-25(20)21(23-19)15-8-2-1-3-9-15/h1-14H,(H,24,26)/b17-14+. The molecule has 0 aliphatic carbocycles. The van der Waals surface area contributed by atoms with Gasteiger partial charge in [0.25, 0.3) is 5.91 Å². The van der Waals surface area contributed by atoms with Gasteiger partial charge in [0, 0.05) is 23.0 Å². The van der Waals surface area contributed by atoms with Crippen LogP contribution in [0.4, 0.5) is 5.69 Å². The fraction of sp³-hybridized carbons (Fsp3) is 0. The summed E-state index contributed by atoms with van der Waals surface area (Å²) in [5.74, 6) is 0.768. The highest BCUT2D eigenvalue weighted by molar-refractivity contribution is 6.35. The van der Waals surface area contributed by atoms with E-state index in [0.717, 1.165) is 33.8 Å². The van der Waals surface area contributed by atoms with Gasteiger partial charge in [-0.15, -0.1) is 0 Å². The van der Waals surface area contributed by atoms with Crippen LogP contribution in [0.25, 0.3) is 28.6 Å². The number of hydrogen-bond donors (Lipinski definition) is 1. The van der Waals surface area contributed by atoms with Crippen molar-refractivity contribution in [3.8, 4) is 11.4 Å². The number of hydrogen-bond acceptors (Lipinski definition) is 2. The first-order valence-corrected chi connectivity index (χ1v) is 8.46. The summed E-state index contributed by atoms with van der Waals surface area (Å²) in [5.41, 5.74) is 5.19. The Hall–Kier alpha value is -3.66. The third kappa shape index (κ3) is 2.24. The number of para-hydroxylation sites is 1. The van der Waals surface area contributed by atoms with E-state index < -0.39 is 0 Å². The highest BCUT2D eigenvalue weighted by Gasteiger charge is 2.24. The summed E-state index contributed by atoms with van der Waals surface area (Å²) in [5, 5.41) is 2.91. The zero-order valence-electron chi connectivity index (χ0n) is 13.9. The predicted molar refractivity (Wildman–Crippen MR) is 104 cm³/mol. The SMILES string of the molecule is O=C1Nc2ccccc2/C1=C\c1nc(-c2ccccc2)n2ccccc12. The van der Waals surface area contributed by atoms with Crippen molar-refractivity contribution in [2.24, 2.45) is 0 Å². The van der Waals surface area contributed by atoms with Gasteiger partial charge < -0.3 is 5.32 Å². The van der Waals surface area contributed by atoms with Crippen LogP contribution >= 0.6 is 0 Å². The predicted octanol–water partition coefficient (Wildman–Crippen LogP) is 4.49. The van der Waals surface area contributed by atoms with E-state index in [1.165, 1.54) is 0 Å². The molecular weight excluding hydrogens is 322 g/mol. The van der Waals surface area contributed by atoms with Gasteiger partial charge in [-0.3, -0.25) is 9.20 Å². The Balaban J connectivity index is 1.73. The number of imidazole rings is 1. The quantitative estimate of drug-likeness (QED) is 0.548. The highest BCUT2D eigenvalue weighted by Crippen LogP contribution is 2.34. The molecule has 0 saturated carbocycles. The molecular formula is C22H15N3O. The maximum absolute atomic E-state index is 12.4. The minimum absolute atomic E-state index is 0.0930. The molecule has 0 bridgehead atoms. The Morgan fingerprint density at radius 3 is 2.54 bits per heavy atom. The molecule has 3 heterocycles. The molecule has 0 atom stereocenters. The number of rotatable bonds is 2. The first-order chi connectivity index (χ1) is 12.8. The highest BCUT2D eigenvalue weighted by atomic mass is 16.2. The average Bonchev–Trinajstić information content (AvgIpc) is 3.21. The van der Waals surface area contributed by atoms with Gasteiger partial charge in [0.05, 0.1) is 16.8 Å². The Morgan fingerprint density at radius 1 is 0.885 bits per heavy atom. The lowest BCUT2D eigenvalue weighted by Gasteiger charge is -2.00. The van der Waals surface area contributed by atoms with Crippen LogP contribution in [-0.2, 0) is 4.79 Å². The molecule has 1 N–H and O–H groups in total. The van der Waals surface area contributed by atoms with Crippen LogP contribution in [0.5, 0.6) is 0 Å². The Labute approximate surface area is 150 Å². The number of nitrogens with one attached hydrogen (secondary N) is 1. The van der Waals surface area contributed by atoms with E-state index >= 15 is 0 Å². The Bertz CT molecular complexity index is 1170. The molecule has 0 fully saturated rings. The van der Waals surface area contributed by atoms with Gasteiger partial charge in [0.15, 0.2) is 0 Å². The van der Waals surface area contributed by atoms with E-state index in [9.17, 15) is 4.79 Å². The van der Waals surface area contributed by atoms with Crippen molar-refractivity contribution in [2.45, 2.75) is 0 Å². The van der Waals surface area contributed by atoms with Crippen LogP contribution in [0.3, 0.4) is 0 Å². The van der Waals surface area contributed by atoms with Crippen molar-refractivity contribution in [3.63, 3.8) is 0 Å². The average molecular weight is 337 g/mol. The molecule has 0 spiro atoms. The van der Waals surface area contributed by atoms with Crippen LogP contribution in [0.15, 0.2) is 79.0 Å². The van der Waals surface area contributed by atoms with Crippen molar-refractivity contribution < 1.29 is 4.79 Å². The minimum Gasteiger partial charge on any atom is -0.321 e. The number of carbonyl (C=O) groups excluding carboxylic acids is 1. The molecule has 0 saturated heterocycles. The molecule has 1 amide bonds. The summed E-state index contributed by atoms with van der Waals surface area (Å²) in [6.45, 7) is 0. The topological polar surface area (TPSA) is 46.4 Å². The number of anilines is 1. The molecule has 4 heteroatoms. The molecule has 1 aliphatic heterocycles. The van der Waals surface area contributed by atoms with Gasteiger partial charge in [-0.05, 0) is 24.3 Å². The van der Waals surface area contributed by atoms with Crippen molar-refractivity contribution in [1.29, 1.82) is 0 Å². The zero-order chi connectivity index (χ0) is 17.5. The first kappa shape index (κ1) is 14.7. The van der Waals surface area contributed by atoms with Gasteiger partial charge in [-0.2, -0.15) is 0 Å². The first-order valence-electron chi connectivity index (χ1n) is 8.46. The van der Waals surface area contributed by atoms with Crippen LogP contribution in [0.2, 0.25) is 0 Å². The van der Waals surface area contributed by atoms with E-state index in [2.05, 4.69) is 9.72 Å². The van der Waals surface area contributed by atoms with E-state index in [-0.39, 0.29) is 5.91 Å². The zero-order valence-corrected chi connectivity index (χ0v) is 13.9. The lowest BCUT2D eigenvalue weighted by atomic mass is 10.1. The summed E-state index contributed by atoms with van der Waals surface area (Å²) in [4.78, 5) is 17.3. The van der Waals surface area contributed by atoms with Crippen molar-refractivity contribution >= 4 is 28.8 Å². The van der Waals surface area contributed by atoms with E-state index in [1.807, 2.05) is 85.1 Å². The van der Waals surface area contributed by atoms with E-state index in [1.54, 1.807) is 0 Å². The van der Waals surface area contributed by atoms with Crippen molar-refractivity contribution in [3.05, 3.63) is 90.3 Å². The van der Waals surface area contributed by atoms with Crippen LogP contribution in [-0.4, -0.2) is 15.3 Å². The second kappa shape index (κ2) is 5.70. The van der Waals surface area contributed by atoms with Crippen LogP contribution in [0.1, 0.15) is 11.3 Å². The second-order valence-electron chi connectivity index (χ2n) is 6.20. The molecule has 4 nitrogen and oxygen atoms in total. The number of pyridine rings is 1. The van der Waals surface area contributed by atoms with Gasteiger partial charge in [-0.1, -0.05) is 54.6 Å². The third-order valence-corrected chi connectivity index (χ3v) is 4.60. The van der Waals surface area contributed by atoms with Crippen molar-refractivity contribution in [2.75, 3.05) is 5.32 Å². The summed E-state index contributed by atoms with van der Waals surface area (Å²) < 4.78 is 2.06. The normalized spacial score (nSPS) is 14.6. The molecule has 124 valence electrons. The molecule has 1 aliphatic rings. The molecule has 4 aromatic rings. The number of nitrogens with zero attached hydrogens (tertiary/aromatic N) is 2. The van der Waals surface area contributed by atoms with Gasteiger partial charge in [-0.25, -0.2) is 4.98 Å². The van der Waals surface area contributed by atoms with Gasteiger partial charge in [0.1, 0.15) is 5.82 Å². The third-order valence-electron chi connectivity index (χ3n) is 4.60. The van der Waals surface area contributed by atoms with Gasteiger partial charge >= 0.3 is 0 Å². The Morgan fingerprint density at radius 2 is 1.65 bits per heavy atom. The number of aromatic nitrogens is 2. The van der Waals surface area contributed by atoms with Crippen LogP contribution < -0.4 is 5.32 Å². The largest absolute Gasteiger partial charge is 0.321 e. The Kier molecular flexibility index (Phi) is 3.22. The molecule has 0 unspecified atom stereocenters. The smallest absolute Gasteiger partial charge is 0.256 e. The summed E-state index contributed by atoms with van der Waals surface area (Å²) in [6, 6.07) is 23.8. The number of fused-ring (bicyclic) bond motifs is 2. The second-order valence-corrected chi connectivity index (χ2v) is 6.20. The number of carbonyl (C=O) groups is 1. The van der Waals surface area contributed by atoms with Gasteiger partial charge in [0.2, 0.25) is 0 Å². The minimum atomic E-state index is -0.0930. The fourth-order valence-electron chi connectivity index (χ4n) is 3.38. The van der Waals surface area contributed by atoms with E-state index in [0.29, 0.717) is 5.57 Å². The fourth-order valence-corrected chi connectivity index (χ4v) is 3.38. The summed E-state index contributed by atoms with van der Waals surface area (Å²) in [6.07, 6.45) is 3.87. The van der Waals surface area contributed by atoms with E-state index in [4.69, 9.17) is 4.98 Å². The maximum atomic E-state index is 12.4. The van der Waals surface area contributed by atoms with Crippen molar-refractivity contribution in [1.82, 2.24) is 9.38 Å². The molecule has 0 radical (unpaired) electrons. The molecule has 5 rings (SSSR count). The monoisotopic (exact) mass is 337 g/mol. The van der Waals surface area contributed by atoms with Crippen LogP contribution in [0, 0.1) is 0 Å². The number of benzene rings is 2. The molecule has 2 aromatic heterocycles. The summed E-state index contributed by atoms with van der Waals surface area (Å²) in [7, 11) is 0. The lowest BCUT2D eigenvalue weighted by Crippen LogP contribution is -2.03. The lowest BCUT2D eigenvalue weighted by molar-refractivity contribution is -0.110. The maximum Gasteiger partial charge on any atom is 0.256 e. The number of amides is 1. The molecule has 26 heavy (non-hydrogen) atoms. The molecule has 2 aromatic carbocycles.